The van der Waals surface area contributed by atoms with Crippen molar-refractivity contribution < 1.29 is 12.8 Å². The standard InChI is InChI=1S/C13H17BrFNO2S/c1-10-8-11(15)5-6-13(10)19(17,18)16-7-3-2-4-12(16)9-14/h5-6,8,12H,2-4,7,9H2,1H3. The zero-order chi connectivity index (χ0) is 14.0. The van der Waals surface area contributed by atoms with Gasteiger partial charge in [-0.05, 0) is 43.5 Å². The molecule has 0 bridgehead atoms. The summed E-state index contributed by atoms with van der Waals surface area (Å²) in [4.78, 5) is 0.210. The van der Waals surface area contributed by atoms with Crippen LogP contribution in [-0.4, -0.2) is 30.6 Å². The Kier molecular flexibility index (Phi) is 4.63. The van der Waals surface area contributed by atoms with Crippen LogP contribution < -0.4 is 0 Å². The van der Waals surface area contributed by atoms with Crippen molar-refractivity contribution in [3.05, 3.63) is 29.6 Å². The highest BCUT2D eigenvalue weighted by molar-refractivity contribution is 9.09. The number of hydrogen-bond acceptors (Lipinski definition) is 2. The Labute approximate surface area is 122 Å². The van der Waals surface area contributed by atoms with Gasteiger partial charge in [0.2, 0.25) is 10.0 Å². The SMILES string of the molecule is Cc1cc(F)ccc1S(=O)(=O)N1CCCCC1CBr. The maximum Gasteiger partial charge on any atom is 0.243 e. The highest BCUT2D eigenvalue weighted by Crippen LogP contribution is 2.28. The summed E-state index contributed by atoms with van der Waals surface area (Å²) < 4.78 is 40.0. The van der Waals surface area contributed by atoms with Crippen LogP contribution in [0.5, 0.6) is 0 Å². The number of benzene rings is 1. The van der Waals surface area contributed by atoms with E-state index in [1.165, 1.54) is 18.2 Å². The van der Waals surface area contributed by atoms with E-state index in [0.717, 1.165) is 19.3 Å². The van der Waals surface area contributed by atoms with Crippen LogP contribution in [0.15, 0.2) is 23.1 Å². The molecule has 2 rings (SSSR count). The van der Waals surface area contributed by atoms with Crippen molar-refractivity contribution in [3.8, 4) is 0 Å². The number of alkyl halides is 1. The number of aryl methyl sites for hydroxylation is 1. The van der Waals surface area contributed by atoms with Gasteiger partial charge >= 0.3 is 0 Å². The van der Waals surface area contributed by atoms with E-state index >= 15 is 0 Å². The van der Waals surface area contributed by atoms with Crippen molar-refractivity contribution in [2.24, 2.45) is 0 Å². The van der Waals surface area contributed by atoms with Crippen molar-refractivity contribution in [1.82, 2.24) is 4.31 Å². The molecule has 1 aromatic carbocycles. The first kappa shape index (κ1) is 14.9. The lowest BCUT2D eigenvalue weighted by Crippen LogP contribution is -2.44. The van der Waals surface area contributed by atoms with Crippen LogP contribution in [-0.2, 0) is 10.0 Å². The fourth-order valence-corrected chi connectivity index (χ4v) is 5.24. The highest BCUT2D eigenvalue weighted by atomic mass is 79.9. The Morgan fingerprint density at radius 3 is 2.79 bits per heavy atom. The zero-order valence-corrected chi connectivity index (χ0v) is 13.2. The zero-order valence-electron chi connectivity index (χ0n) is 10.8. The molecule has 6 heteroatoms. The average Bonchev–Trinajstić information content (AvgIpc) is 2.38. The third-order valence-corrected chi connectivity index (χ3v) is 6.33. The van der Waals surface area contributed by atoms with E-state index in [-0.39, 0.29) is 10.9 Å². The van der Waals surface area contributed by atoms with Crippen LogP contribution in [0.4, 0.5) is 4.39 Å². The van der Waals surface area contributed by atoms with E-state index in [0.29, 0.717) is 17.4 Å². The van der Waals surface area contributed by atoms with Crippen molar-refractivity contribution >= 4 is 26.0 Å². The van der Waals surface area contributed by atoms with Crippen LogP contribution in [0.25, 0.3) is 0 Å². The summed E-state index contributed by atoms with van der Waals surface area (Å²) in [5.41, 5.74) is 0.457. The number of piperidine rings is 1. The second-order valence-corrected chi connectivity index (χ2v) is 7.34. The normalized spacial score (nSPS) is 21.5. The molecule has 0 amide bonds. The van der Waals surface area contributed by atoms with Gasteiger partial charge in [0.15, 0.2) is 0 Å². The first-order chi connectivity index (χ1) is 8.96. The number of sulfonamides is 1. The maximum absolute atomic E-state index is 13.1. The van der Waals surface area contributed by atoms with Gasteiger partial charge < -0.3 is 0 Å². The van der Waals surface area contributed by atoms with Crippen molar-refractivity contribution in [3.63, 3.8) is 0 Å². The summed E-state index contributed by atoms with van der Waals surface area (Å²) in [7, 11) is -3.53. The molecule has 106 valence electrons. The van der Waals surface area contributed by atoms with E-state index in [2.05, 4.69) is 15.9 Å². The van der Waals surface area contributed by atoms with Crippen LogP contribution in [0, 0.1) is 12.7 Å². The van der Waals surface area contributed by atoms with E-state index in [1.54, 1.807) is 11.2 Å². The summed E-state index contributed by atoms with van der Waals surface area (Å²) in [6.07, 6.45) is 2.79. The molecule has 1 fully saturated rings. The molecular formula is C13H17BrFNO2S. The second-order valence-electron chi connectivity index (χ2n) is 4.83. The second kappa shape index (κ2) is 5.89. The quantitative estimate of drug-likeness (QED) is 0.786. The number of rotatable bonds is 3. The summed E-state index contributed by atoms with van der Waals surface area (Å²) in [5, 5.41) is 0.631. The molecule has 1 aliphatic rings. The van der Waals surface area contributed by atoms with Gasteiger partial charge in [0, 0.05) is 17.9 Å². The summed E-state index contributed by atoms with van der Waals surface area (Å²) >= 11 is 3.38. The van der Waals surface area contributed by atoms with Gasteiger partial charge in [-0.25, -0.2) is 12.8 Å². The van der Waals surface area contributed by atoms with Crippen LogP contribution in [0.1, 0.15) is 24.8 Å². The minimum atomic E-state index is -3.53. The highest BCUT2D eigenvalue weighted by Gasteiger charge is 2.33. The van der Waals surface area contributed by atoms with Gasteiger partial charge in [-0.15, -0.1) is 0 Å². The van der Waals surface area contributed by atoms with Gasteiger partial charge in [-0.3, -0.25) is 0 Å². The molecule has 1 aliphatic heterocycles. The van der Waals surface area contributed by atoms with Crippen LogP contribution >= 0.6 is 15.9 Å². The number of nitrogens with zero attached hydrogens (tertiary/aromatic N) is 1. The van der Waals surface area contributed by atoms with E-state index in [1.807, 2.05) is 0 Å². The summed E-state index contributed by atoms with van der Waals surface area (Å²) in [6.45, 7) is 2.17. The first-order valence-corrected chi connectivity index (χ1v) is 8.87. The Morgan fingerprint density at radius 2 is 2.16 bits per heavy atom. The smallest absolute Gasteiger partial charge is 0.207 e. The molecule has 0 aliphatic carbocycles. The Bertz CT molecular complexity index is 562. The maximum atomic E-state index is 13.1. The van der Waals surface area contributed by atoms with Gasteiger partial charge in [0.05, 0.1) is 4.90 Å². The number of halogens is 2. The minimum Gasteiger partial charge on any atom is -0.207 e. The molecule has 1 atom stereocenters. The van der Waals surface area contributed by atoms with E-state index in [9.17, 15) is 12.8 Å². The van der Waals surface area contributed by atoms with E-state index < -0.39 is 15.8 Å². The van der Waals surface area contributed by atoms with Crippen molar-refractivity contribution in [2.75, 3.05) is 11.9 Å². The van der Waals surface area contributed by atoms with Crippen LogP contribution in [0.3, 0.4) is 0 Å². The van der Waals surface area contributed by atoms with Gasteiger partial charge in [0.25, 0.3) is 0 Å². The predicted octanol–water partition coefficient (Wildman–Crippen LogP) is 3.07. The molecule has 1 heterocycles. The fraction of sp³-hybridized carbons (Fsp3) is 0.538. The molecule has 0 spiro atoms. The lowest BCUT2D eigenvalue weighted by atomic mass is 10.1. The Hall–Kier alpha value is -0.460. The largest absolute Gasteiger partial charge is 0.243 e. The minimum absolute atomic E-state index is 0.0109. The molecule has 3 nitrogen and oxygen atoms in total. The Morgan fingerprint density at radius 1 is 1.42 bits per heavy atom. The van der Waals surface area contributed by atoms with Gasteiger partial charge in [-0.2, -0.15) is 4.31 Å². The lowest BCUT2D eigenvalue weighted by molar-refractivity contribution is 0.273. The average molecular weight is 350 g/mol. The third kappa shape index (κ3) is 3.01. The van der Waals surface area contributed by atoms with E-state index in [4.69, 9.17) is 0 Å². The number of hydrogen-bond donors (Lipinski definition) is 0. The molecule has 0 N–H and O–H groups in total. The fourth-order valence-electron chi connectivity index (χ4n) is 2.47. The lowest BCUT2D eigenvalue weighted by Gasteiger charge is -2.33. The molecule has 1 aromatic rings. The molecule has 0 saturated carbocycles. The third-order valence-electron chi connectivity index (χ3n) is 3.47. The molecule has 1 saturated heterocycles. The van der Waals surface area contributed by atoms with Crippen LogP contribution in [0.2, 0.25) is 0 Å². The summed E-state index contributed by atoms with van der Waals surface area (Å²) in [6, 6.07) is 3.82. The topological polar surface area (TPSA) is 37.4 Å². The van der Waals surface area contributed by atoms with Gasteiger partial charge in [-0.1, -0.05) is 22.4 Å². The van der Waals surface area contributed by atoms with Crippen molar-refractivity contribution in [2.45, 2.75) is 37.1 Å². The molecule has 0 radical (unpaired) electrons. The monoisotopic (exact) mass is 349 g/mol. The first-order valence-electron chi connectivity index (χ1n) is 6.31. The van der Waals surface area contributed by atoms with Gasteiger partial charge in [0.1, 0.15) is 5.82 Å². The Balaban J connectivity index is 2.40. The van der Waals surface area contributed by atoms with Crippen molar-refractivity contribution in [1.29, 1.82) is 0 Å². The molecule has 19 heavy (non-hydrogen) atoms. The molecule has 1 unspecified atom stereocenters. The predicted molar refractivity (Wildman–Crippen MR) is 76.5 cm³/mol. The molecular weight excluding hydrogens is 333 g/mol. The molecule has 0 aromatic heterocycles. The summed E-state index contributed by atoms with van der Waals surface area (Å²) in [5.74, 6) is -0.410.